The summed E-state index contributed by atoms with van der Waals surface area (Å²) < 4.78 is 11.8. The third-order valence-corrected chi connectivity index (χ3v) is 9.41. The summed E-state index contributed by atoms with van der Waals surface area (Å²) >= 11 is -2.07. The molecule has 0 saturated carbocycles. The molecule has 0 heterocycles. The van der Waals surface area contributed by atoms with E-state index in [-0.39, 0.29) is 18.6 Å². The normalized spacial score (nSPS) is 13.1. The van der Waals surface area contributed by atoms with Crippen molar-refractivity contribution in [3.63, 3.8) is 0 Å². The molecule has 0 spiro atoms. The molecule has 140 valence electrons. The van der Waals surface area contributed by atoms with Gasteiger partial charge in [0, 0.05) is 0 Å². The Morgan fingerprint density at radius 3 is 2.12 bits per heavy atom. The van der Waals surface area contributed by atoms with Crippen LogP contribution in [0.25, 0.3) is 0 Å². The standard InChI is InChI=1S/C16H22NO4.3CH3.Sn/c1-12(18)20-11-14(10-13-8-6-5-7-9-13)17-15(19)21-16(2,3)4;;;;/h6-9,14H,10-11H2,1-4H3,(H,17,19);3*1H3;/t14-;;;;/m1..../s1. The predicted molar refractivity (Wildman–Crippen MR) is 103 cm³/mol. The van der Waals surface area contributed by atoms with Crippen LogP contribution in [0, 0.1) is 0 Å². The average molecular weight is 456 g/mol. The van der Waals surface area contributed by atoms with Gasteiger partial charge in [-0.2, -0.15) is 0 Å². The number of carbonyl (C=O) groups is 2. The van der Waals surface area contributed by atoms with Gasteiger partial charge in [0.05, 0.1) is 0 Å². The molecule has 1 aromatic rings. The Hall–Kier alpha value is -1.24. The number of nitrogens with one attached hydrogen (secondary N) is 1. The van der Waals surface area contributed by atoms with E-state index < -0.39 is 30.1 Å². The molecule has 0 aliphatic heterocycles. The SMILES string of the molecule is CC(=O)OC[C@@H](Cc1cc[c]([Sn]([CH3])([CH3])[CH3])cc1)NC(=O)OC(C)(C)C. The second kappa shape index (κ2) is 8.92. The number of hydrogen-bond donors (Lipinski definition) is 1. The second-order valence-electron chi connectivity index (χ2n) is 8.30. The fraction of sp³-hybridized carbons (Fsp3) is 0.579. The minimum atomic E-state index is -2.07. The van der Waals surface area contributed by atoms with Crippen molar-refractivity contribution in [2.45, 2.75) is 60.6 Å². The molecule has 5 nitrogen and oxygen atoms in total. The number of amides is 1. The van der Waals surface area contributed by atoms with Crippen molar-refractivity contribution < 1.29 is 19.1 Å². The molecule has 1 atom stereocenters. The number of hydrogen-bond acceptors (Lipinski definition) is 4. The molecular weight excluding hydrogens is 425 g/mol. The van der Waals surface area contributed by atoms with Crippen LogP contribution in [-0.4, -0.2) is 48.7 Å². The second-order valence-corrected chi connectivity index (χ2v) is 22.8. The van der Waals surface area contributed by atoms with Crippen molar-refractivity contribution in [2.24, 2.45) is 0 Å². The molecule has 1 aromatic carbocycles. The summed E-state index contributed by atoms with van der Waals surface area (Å²) in [5.74, 6) is -0.367. The summed E-state index contributed by atoms with van der Waals surface area (Å²) in [7, 11) is 0. The molecule has 1 rings (SSSR count). The van der Waals surface area contributed by atoms with E-state index in [4.69, 9.17) is 9.47 Å². The van der Waals surface area contributed by atoms with Crippen LogP contribution in [0.1, 0.15) is 33.3 Å². The number of carbonyl (C=O) groups excluding carboxylic acids is 2. The maximum atomic E-state index is 12.0. The van der Waals surface area contributed by atoms with Crippen LogP contribution in [0.4, 0.5) is 4.79 Å². The Bertz CT molecular complexity index is 585. The van der Waals surface area contributed by atoms with E-state index in [2.05, 4.69) is 44.4 Å². The molecular formula is C19H31NO4Sn. The summed E-state index contributed by atoms with van der Waals surface area (Å²) in [4.78, 5) is 30.3. The van der Waals surface area contributed by atoms with Crippen LogP contribution in [0.3, 0.4) is 0 Å². The zero-order valence-electron chi connectivity index (χ0n) is 16.4. The van der Waals surface area contributed by atoms with Crippen molar-refractivity contribution in [3.05, 3.63) is 29.8 Å². The number of ether oxygens (including phenoxy) is 2. The van der Waals surface area contributed by atoms with Gasteiger partial charge >= 0.3 is 155 Å². The fourth-order valence-electron chi connectivity index (χ4n) is 2.27. The van der Waals surface area contributed by atoms with Gasteiger partial charge in [-0.3, -0.25) is 0 Å². The minimum absolute atomic E-state index is 0.120. The molecule has 0 aliphatic rings. The quantitative estimate of drug-likeness (QED) is 0.528. The Morgan fingerprint density at radius 1 is 1.12 bits per heavy atom. The number of rotatable bonds is 6. The Balaban J connectivity index is 2.79. The maximum absolute atomic E-state index is 12.0. The molecule has 25 heavy (non-hydrogen) atoms. The predicted octanol–water partition coefficient (Wildman–Crippen LogP) is 3.23. The van der Waals surface area contributed by atoms with Gasteiger partial charge in [0.1, 0.15) is 0 Å². The molecule has 0 bridgehead atoms. The molecule has 6 heteroatoms. The molecule has 0 saturated heterocycles. The zero-order valence-corrected chi connectivity index (χ0v) is 19.3. The van der Waals surface area contributed by atoms with Gasteiger partial charge in [-0.05, 0) is 0 Å². The molecule has 0 unspecified atom stereocenters. The van der Waals surface area contributed by atoms with Crippen molar-refractivity contribution in [1.82, 2.24) is 5.32 Å². The van der Waals surface area contributed by atoms with Gasteiger partial charge in [-0.1, -0.05) is 0 Å². The van der Waals surface area contributed by atoms with E-state index in [9.17, 15) is 9.59 Å². The van der Waals surface area contributed by atoms with Crippen molar-refractivity contribution in [2.75, 3.05) is 6.61 Å². The first-order valence-electron chi connectivity index (χ1n) is 8.59. The first kappa shape index (κ1) is 21.8. The molecule has 0 fully saturated rings. The van der Waals surface area contributed by atoms with E-state index in [0.717, 1.165) is 5.56 Å². The summed E-state index contributed by atoms with van der Waals surface area (Å²) in [5, 5.41) is 2.80. The van der Waals surface area contributed by atoms with Gasteiger partial charge in [0.15, 0.2) is 0 Å². The number of benzene rings is 1. The van der Waals surface area contributed by atoms with Crippen molar-refractivity contribution in [3.8, 4) is 0 Å². The van der Waals surface area contributed by atoms with Crippen LogP contribution >= 0.6 is 0 Å². The van der Waals surface area contributed by atoms with Crippen molar-refractivity contribution in [1.29, 1.82) is 0 Å². The Morgan fingerprint density at radius 2 is 1.68 bits per heavy atom. The first-order valence-corrected chi connectivity index (χ1v) is 18.6. The third kappa shape index (κ3) is 9.14. The van der Waals surface area contributed by atoms with Crippen molar-refractivity contribution >= 4 is 34.0 Å². The van der Waals surface area contributed by atoms with Gasteiger partial charge < -0.3 is 0 Å². The molecule has 1 amide bonds. The van der Waals surface area contributed by atoms with E-state index in [0.29, 0.717) is 6.42 Å². The van der Waals surface area contributed by atoms with Crippen LogP contribution in [0.2, 0.25) is 14.8 Å². The Kier molecular flexibility index (Phi) is 7.78. The van der Waals surface area contributed by atoms with Gasteiger partial charge in [-0.25, -0.2) is 0 Å². The molecule has 1 N–H and O–H groups in total. The van der Waals surface area contributed by atoms with Gasteiger partial charge in [0.2, 0.25) is 0 Å². The molecule has 0 aromatic heterocycles. The fourth-order valence-corrected chi connectivity index (χ4v) is 5.60. The van der Waals surface area contributed by atoms with Crippen LogP contribution in [0.15, 0.2) is 24.3 Å². The summed E-state index contributed by atoms with van der Waals surface area (Å²) in [6, 6.07) is 8.22. The van der Waals surface area contributed by atoms with Crippen LogP contribution in [0.5, 0.6) is 0 Å². The average Bonchev–Trinajstić information content (AvgIpc) is 2.42. The van der Waals surface area contributed by atoms with Crippen LogP contribution in [-0.2, 0) is 20.7 Å². The van der Waals surface area contributed by atoms with Gasteiger partial charge in [0.25, 0.3) is 0 Å². The number of esters is 1. The van der Waals surface area contributed by atoms with E-state index in [1.54, 1.807) is 0 Å². The summed E-state index contributed by atoms with van der Waals surface area (Å²) in [6.45, 7) is 6.91. The summed E-state index contributed by atoms with van der Waals surface area (Å²) in [6.07, 6.45) is 0.0686. The van der Waals surface area contributed by atoms with Gasteiger partial charge in [-0.15, -0.1) is 0 Å². The zero-order chi connectivity index (χ0) is 19.3. The third-order valence-electron chi connectivity index (χ3n) is 3.51. The monoisotopic (exact) mass is 457 g/mol. The Labute approximate surface area is 155 Å². The molecule has 0 aliphatic carbocycles. The molecule has 0 radical (unpaired) electrons. The topological polar surface area (TPSA) is 64.6 Å². The first-order chi connectivity index (χ1) is 11.4. The summed E-state index contributed by atoms with van der Waals surface area (Å²) in [5.41, 5.74) is 0.518. The number of alkyl carbamates (subject to hydrolysis) is 1. The van der Waals surface area contributed by atoms with E-state index in [1.807, 2.05) is 20.8 Å². The van der Waals surface area contributed by atoms with Crippen LogP contribution < -0.4 is 8.90 Å². The van der Waals surface area contributed by atoms with E-state index in [1.165, 1.54) is 10.5 Å². The van der Waals surface area contributed by atoms with E-state index >= 15 is 0 Å².